The summed E-state index contributed by atoms with van der Waals surface area (Å²) in [7, 11) is 0. The van der Waals surface area contributed by atoms with Gasteiger partial charge in [-0.25, -0.2) is 0 Å². The summed E-state index contributed by atoms with van der Waals surface area (Å²) in [6.07, 6.45) is 2.99. The Labute approximate surface area is 686 Å². The summed E-state index contributed by atoms with van der Waals surface area (Å²) in [6, 6.07) is 38.6. The third kappa shape index (κ3) is 21.6. The van der Waals surface area contributed by atoms with E-state index in [4.69, 9.17) is 0 Å². The van der Waals surface area contributed by atoms with Crippen LogP contribution in [-0.2, 0) is 89.9 Å². The molecule has 28 N–H and O–H groups in total. The molecule has 12 aromatic rings. The molecule has 28 nitrogen and oxygen atoms in total. The van der Waals surface area contributed by atoms with Gasteiger partial charge >= 0.3 is 0 Å². The first-order chi connectivity index (χ1) is 56.9. The number of aromatic hydroxyl groups is 28. The second-order valence-electron chi connectivity index (χ2n) is 30.3. The maximum Gasteiger partial charge on any atom is 0.200 e. The van der Waals surface area contributed by atoms with E-state index in [0.717, 1.165) is 0 Å². The zero-order valence-electron chi connectivity index (χ0n) is 64.3. The summed E-state index contributed by atoms with van der Waals surface area (Å²) in [5, 5.41) is 291. The predicted molar refractivity (Wildman–Crippen MR) is 437 cm³/mol. The summed E-state index contributed by atoms with van der Waals surface area (Å²) >= 11 is 0. The van der Waals surface area contributed by atoms with Gasteiger partial charge in [0.15, 0.2) is 69.0 Å². The van der Waals surface area contributed by atoms with Crippen molar-refractivity contribution in [3.05, 3.63) is 259 Å². The van der Waals surface area contributed by atoms with Crippen molar-refractivity contribution in [3.8, 4) is 161 Å². The van der Waals surface area contributed by atoms with Crippen molar-refractivity contribution in [1.29, 1.82) is 0 Å². The maximum absolute atomic E-state index is 11.4. The quantitative estimate of drug-likeness (QED) is 0.0186. The van der Waals surface area contributed by atoms with Gasteiger partial charge in [-0.1, -0.05) is 0 Å². The minimum atomic E-state index is -0.673. The average molecular weight is 1650 g/mol. The molecule has 0 aliphatic heterocycles. The van der Waals surface area contributed by atoms with Crippen LogP contribution in [0.4, 0.5) is 0 Å². The molecule has 0 aromatic heterocycles. The van der Waals surface area contributed by atoms with E-state index >= 15 is 0 Å². The third-order valence-electron chi connectivity index (χ3n) is 21.5. The number of aryl methyl sites for hydroxylation is 6. The van der Waals surface area contributed by atoms with Crippen LogP contribution < -0.4 is 0 Å². The van der Waals surface area contributed by atoms with Crippen molar-refractivity contribution in [1.82, 2.24) is 0 Å². The van der Waals surface area contributed by atoms with Gasteiger partial charge in [-0.3, -0.25) is 0 Å². The molecular formula is C92H92O28. The first-order valence-corrected chi connectivity index (χ1v) is 38.1. The monoisotopic (exact) mass is 1640 g/mol. The molecule has 0 aliphatic carbocycles. The van der Waals surface area contributed by atoms with Gasteiger partial charge in [0.2, 0.25) is 0 Å². The summed E-state index contributed by atoms with van der Waals surface area (Å²) in [6.45, 7) is 0. The van der Waals surface area contributed by atoms with Crippen LogP contribution in [-0.4, -0.2) is 143 Å². The zero-order valence-corrected chi connectivity index (χ0v) is 64.3. The summed E-state index contributed by atoms with van der Waals surface area (Å²) in [5.41, 5.74) is 6.58. The molecule has 0 saturated carbocycles. The highest BCUT2D eigenvalue weighted by molar-refractivity contribution is 5.58. The van der Waals surface area contributed by atoms with Gasteiger partial charge in [0, 0.05) is 46.5 Å². The number of benzene rings is 12. The molecule has 12 rings (SSSR count). The first kappa shape index (κ1) is 85.9. The van der Waals surface area contributed by atoms with Crippen molar-refractivity contribution in [3.63, 3.8) is 0 Å². The maximum atomic E-state index is 11.4. The Morgan fingerprint density at radius 1 is 0.150 bits per heavy atom. The van der Waals surface area contributed by atoms with Crippen molar-refractivity contribution >= 4 is 0 Å². The summed E-state index contributed by atoms with van der Waals surface area (Å²) < 4.78 is 0. The van der Waals surface area contributed by atoms with Crippen molar-refractivity contribution in [2.24, 2.45) is 11.8 Å². The number of hydrogen-bond acceptors (Lipinski definition) is 28. The van der Waals surface area contributed by atoms with Crippen molar-refractivity contribution < 1.29 is 143 Å². The molecule has 0 radical (unpaired) electrons. The lowest BCUT2D eigenvalue weighted by molar-refractivity contribution is 0.367. The van der Waals surface area contributed by atoms with E-state index in [9.17, 15) is 143 Å². The SMILES string of the molecule is Oc1cc(O)cc(C[C@@H](CCc2cc(O)c(CCc3cc(O)c(O)c(O)c3)c(O)c2)[C@@H](Cc2cc(O)cc(O)c2)c2cc(O)c(CCc3cc(O)c(O)c(O)c3)c(O)c2)c1.Oc1cc(O)cc(C[C@H](CCc2cc(O)c(CCc3cc(O)c(O)c(O)c3)c(O)c2)[C@H](Cc2cc(O)cc(O)c2)c2cc(O)c(CCc3cc(O)c(O)c(O)c3)c(O)c2)c1. The van der Waals surface area contributed by atoms with Crippen molar-refractivity contribution in [2.75, 3.05) is 0 Å². The molecular weight excluding hydrogens is 1550 g/mol. The highest BCUT2D eigenvalue weighted by atomic mass is 16.4. The Morgan fingerprint density at radius 3 is 0.517 bits per heavy atom. The molecule has 12 aromatic carbocycles. The van der Waals surface area contributed by atoms with Gasteiger partial charge in [-0.05, 0) is 339 Å². The van der Waals surface area contributed by atoms with Crippen LogP contribution >= 0.6 is 0 Å². The van der Waals surface area contributed by atoms with E-state index in [0.29, 0.717) is 79.6 Å². The second-order valence-corrected chi connectivity index (χ2v) is 30.3. The number of rotatable bonds is 30. The minimum absolute atomic E-state index is 0.0710. The Morgan fingerprint density at radius 2 is 0.317 bits per heavy atom. The van der Waals surface area contributed by atoms with Crippen LogP contribution in [0.1, 0.15) is 114 Å². The average Bonchev–Trinajstić information content (AvgIpc) is 0.798. The van der Waals surface area contributed by atoms with Gasteiger partial charge < -0.3 is 143 Å². The zero-order chi connectivity index (χ0) is 86.8. The van der Waals surface area contributed by atoms with Crippen LogP contribution in [0.5, 0.6) is 161 Å². The lowest BCUT2D eigenvalue weighted by atomic mass is 9.75. The molecule has 0 unspecified atom stereocenters. The molecule has 0 saturated heterocycles. The van der Waals surface area contributed by atoms with E-state index in [1.807, 2.05) is 0 Å². The van der Waals surface area contributed by atoms with Gasteiger partial charge in [-0.2, -0.15) is 0 Å². The Balaban J connectivity index is 0.000000235. The van der Waals surface area contributed by atoms with Gasteiger partial charge in [-0.15, -0.1) is 0 Å². The first-order valence-electron chi connectivity index (χ1n) is 38.1. The Hall–Kier alpha value is -15.0. The fraction of sp³-hybridized carbons (Fsp3) is 0.217. The van der Waals surface area contributed by atoms with Gasteiger partial charge in [0.05, 0.1) is 0 Å². The molecule has 0 aliphatic rings. The molecule has 4 atom stereocenters. The summed E-state index contributed by atoms with van der Waals surface area (Å²) in [5.74, 6) is -12.3. The Kier molecular flexibility index (Phi) is 26.4. The van der Waals surface area contributed by atoms with Crippen LogP contribution in [0, 0.1) is 11.8 Å². The largest absolute Gasteiger partial charge is 0.508 e. The number of hydrogen-bond donors (Lipinski definition) is 28. The normalized spacial score (nSPS) is 12.3. The van der Waals surface area contributed by atoms with E-state index in [1.54, 1.807) is 0 Å². The second kappa shape index (κ2) is 36.9. The lowest BCUT2D eigenvalue weighted by Crippen LogP contribution is -2.19. The van der Waals surface area contributed by atoms with E-state index in [1.165, 1.54) is 170 Å². The van der Waals surface area contributed by atoms with Crippen LogP contribution in [0.2, 0.25) is 0 Å². The molecule has 0 amide bonds. The molecule has 628 valence electrons. The van der Waals surface area contributed by atoms with Crippen molar-refractivity contribution in [2.45, 2.75) is 115 Å². The minimum Gasteiger partial charge on any atom is -0.508 e. The van der Waals surface area contributed by atoms with Gasteiger partial charge in [0.1, 0.15) is 92.0 Å². The molecule has 0 spiro atoms. The number of phenols is 28. The van der Waals surface area contributed by atoms with E-state index < -0.39 is 92.7 Å². The predicted octanol–water partition coefficient (Wildman–Crippen LogP) is 13.9. The highest BCUT2D eigenvalue weighted by Gasteiger charge is 2.31. The van der Waals surface area contributed by atoms with E-state index in [-0.39, 0.29) is 204 Å². The summed E-state index contributed by atoms with van der Waals surface area (Å²) in [4.78, 5) is 0. The topological polar surface area (TPSA) is 566 Å². The third-order valence-corrected chi connectivity index (χ3v) is 21.5. The standard InChI is InChI=1S/2C46H46O14/c2*47-30-8-26(9-31(48)21-30)7-28(4-1-23-13-37(51)34(38(52)14-23)5-2-24-15-41(55)45(59)42(56)16-24)36(12-27-10-32(49)22-33(50)11-27)29-19-39(53)35(40(54)20-29)6-3-25-17-43(57)46(60)44(58)18-25/h2*8-11,13-22,28,36,47-60H,1-7,12H2/t2*28-,36-/m10/s1. The van der Waals surface area contributed by atoms with Crippen LogP contribution in [0.15, 0.2) is 170 Å². The molecule has 0 bridgehead atoms. The van der Waals surface area contributed by atoms with Gasteiger partial charge in [0.25, 0.3) is 0 Å². The van der Waals surface area contributed by atoms with E-state index in [2.05, 4.69) is 0 Å². The smallest absolute Gasteiger partial charge is 0.200 e. The molecule has 120 heavy (non-hydrogen) atoms. The molecule has 28 heteroatoms. The fourth-order valence-corrected chi connectivity index (χ4v) is 15.7. The molecule has 0 heterocycles. The van der Waals surface area contributed by atoms with Crippen LogP contribution in [0.25, 0.3) is 0 Å². The van der Waals surface area contributed by atoms with Crippen LogP contribution in [0.3, 0.4) is 0 Å². The molecule has 0 fully saturated rings. The lowest BCUT2D eigenvalue weighted by Gasteiger charge is -2.29. The fourth-order valence-electron chi connectivity index (χ4n) is 15.7. The Bertz CT molecular complexity index is 5150. The number of phenolic OH excluding ortho intramolecular Hbond substituents is 28. The highest BCUT2D eigenvalue weighted by Crippen LogP contribution is 2.48.